The van der Waals surface area contributed by atoms with Crippen LogP contribution >= 0.6 is 11.3 Å². The highest BCUT2D eigenvalue weighted by molar-refractivity contribution is 7.91. The fourth-order valence-electron chi connectivity index (χ4n) is 7.65. The molecule has 3 aliphatic carbocycles. The molecule has 1 aliphatic heterocycles. The highest BCUT2D eigenvalue weighted by atomic mass is 32.2. The summed E-state index contributed by atoms with van der Waals surface area (Å²) in [5.74, 6) is -1.67. The molecule has 3 fully saturated rings. The van der Waals surface area contributed by atoms with Crippen molar-refractivity contribution in [2.24, 2.45) is 17.8 Å². The molecular weight excluding hydrogens is 715 g/mol. The van der Waals surface area contributed by atoms with E-state index in [1.54, 1.807) is 26.0 Å². The molecule has 284 valence electrons. The summed E-state index contributed by atoms with van der Waals surface area (Å²) in [6.45, 7) is 8.31. The lowest BCUT2D eigenvalue weighted by Crippen LogP contribution is -2.55. The zero-order valence-corrected chi connectivity index (χ0v) is 32.9. The lowest BCUT2D eigenvalue weighted by atomic mass is 9.93. The maximum absolute atomic E-state index is 14.3. The summed E-state index contributed by atoms with van der Waals surface area (Å²) < 4.78 is 39.9. The largest absolute Gasteiger partial charge is 0.496 e. The van der Waals surface area contributed by atoms with Crippen molar-refractivity contribution in [3.05, 3.63) is 47.0 Å². The first-order chi connectivity index (χ1) is 25.2. The molecule has 3 saturated carbocycles. The lowest BCUT2D eigenvalue weighted by molar-refractivity contribution is -0.140. The molecule has 2 N–H and O–H groups in total. The maximum Gasteiger partial charge on any atom is 0.259 e. The molecule has 0 bridgehead atoms. The molecule has 53 heavy (non-hydrogen) atoms. The zero-order valence-electron chi connectivity index (χ0n) is 31.2. The minimum Gasteiger partial charge on any atom is -0.496 e. The summed E-state index contributed by atoms with van der Waals surface area (Å²) in [4.78, 5) is 53.7. The number of sulfonamides is 1. The van der Waals surface area contributed by atoms with E-state index in [-0.39, 0.29) is 30.6 Å². The molecular formula is C39H49N5O7S2. The van der Waals surface area contributed by atoms with Crippen molar-refractivity contribution in [2.45, 2.75) is 101 Å². The van der Waals surface area contributed by atoms with Crippen LogP contribution in [-0.4, -0.2) is 78.1 Å². The first kappa shape index (κ1) is 37.3. The molecule has 4 aliphatic rings. The third kappa shape index (κ3) is 7.04. The van der Waals surface area contributed by atoms with Gasteiger partial charge in [0, 0.05) is 41.9 Å². The van der Waals surface area contributed by atoms with Crippen LogP contribution in [0.15, 0.2) is 35.7 Å². The molecule has 5 atom stereocenters. The number of ether oxygens (including phenoxy) is 2. The van der Waals surface area contributed by atoms with Gasteiger partial charge >= 0.3 is 0 Å². The number of aromatic nitrogens is 2. The number of thiazole rings is 1. The predicted octanol–water partition coefficient (Wildman–Crippen LogP) is 5.64. The Balaban J connectivity index is 1.21. The van der Waals surface area contributed by atoms with Gasteiger partial charge in [-0.05, 0) is 83.3 Å². The van der Waals surface area contributed by atoms with Gasteiger partial charge < -0.3 is 19.7 Å². The summed E-state index contributed by atoms with van der Waals surface area (Å²) in [6, 6.07) is 5.66. The fraction of sp³-hybridized carbons (Fsp3) is 0.564. The molecule has 12 nitrogen and oxygen atoms in total. The van der Waals surface area contributed by atoms with E-state index < -0.39 is 50.1 Å². The van der Waals surface area contributed by atoms with Gasteiger partial charge in [0.15, 0.2) is 0 Å². The van der Waals surface area contributed by atoms with Gasteiger partial charge in [0.05, 0.1) is 34.9 Å². The molecule has 14 heteroatoms. The Morgan fingerprint density at radius 1 is 1.11 bits per heavy atom. The number of amides is 3. The van der Waals surface area contributed by atoms with E-state index in [0.29, 0.717) is 48.5 Å². The third-order valence-corrected chi connectivity index (χ3v) is 14.7. The summed E-state index contributed by atoms with van der Waals surface area (Å²) in [5, 5.41) is 6.54. The van der Waals surface area contributed by atoms with Gasteiger partial charge in [-0.3, -0.25) is 19.1 Å². The summed E-state index contributed by atoms with van der Waals surface area (Å²) in [7, 11) is -0.544. The first-order valence-corrected chi connectivity index (χ1v) is 20.9. The van der Waals surface area contributed by atoms with Crippen LogP contribution in [0.4, 0.5) is 0 Å². The summed E-state index contributed by atoms with van der Waals surface area (Å²) >= 11 is 1.51. The van der Waals surface area contributed by atoms with E-state index in [4.69, 9.17) is 19.4 Å². The molecule has 3 aromatic rings. The second kappa shape index (κ2) is 14.0. The quantitative estimate of drug-likeness (QED) is 0.277. The normalized spacial score (nSPS) is 27.7. The summed E-state index contributed by atoms with van der Waals surface area (Å²) in [5.41, 5.74) is 1.77. The number of hydrogen-bond donors (Lipinski definition) is 2. The van der Waals surface area contributed by atoms with E-state index in [0.717, 1.165) is 40.9 Å². The molecule has 0 radical (unpaired) electrons. The minimum atomic E-state index is -3.93. The number of carbonyl (C=O) groups is 3. The van der Waals surface area contributed by atoms with Crippen molar-refractivity contribution < 1.29 is 32.3 Å². The first-order valence-electron chi connectivity index (χ1n) is 18.6. The average Bonchev–Trinajstić information content (AvgIpc) is 3.89. The number of benzene rings is 1. The fourth-order valence-corrected chi connectivity index (χ4v) is 9.90. The molecule has 0 saturated heterocycles. The standard InChI is InChI=1S/C39H49N5O7S2/c1-22(2)30-21-52-35(41-30)29-19-32(26-12-13-31(50-6)23(3)33(26)40-29)51-25-17-27-28(18-25)36(46)44(5)16-10-8-7-9-11-24-20-39(24,42-34(27)45)37(47)43-53(48,49)38(4)14-15-38/h9,11-13,19,21-22,24-25,27-28H,7-8,10,14-18,20H2,1-6H3,(H,42,45)(H,43,47)/b11-9-/t24-,25?,27-,28?,39-/m1/s1. The van der Waals surface area contributed by atoms with E-state index in [1.165, 1.54) is 11.3 Å². The van der Waals surface area contributed by atoms with Gasteiger partial charge in [0.2, 0.25) is 21.8 Å². The monoisotopic (exact) mass is 763 g/mol. The van der Waals surface area contributed by atoms with E-state index in [2.05, 4.69) is 23.9 Å². The molecule has 2 unspecified atom stereocenters. The van der Waals surface area contributed by atoms with Crippen LogP contribution in [0, 0.1) is 24.7 Å². The lowest BCUT2D eigenvalue weighted by Gasteiger charge is -2.27. The van der Waals surface area contributed by atoms with Gasteiger partial charge in [-0.25, -0.2) is 18.4 Å². The number of pyridine rings is 1. The second-order valence-corrected chi connectivity index (χ2v) is 18.8. The Kier molecular flexibility index (Phi) is 9.84. The molecule has 2 aromatic heterocycles. The van der Waals surface area contributed by atoms with Crippen LogP contribution in [0.5, 0.6) is 11.5 Å². The number of aryl methyl sites for hydroxylation is 1. The number of fused-ring (bicyclic) bond motifs is 3. The van der Waals surface area contributed by atoms with Crippen LogP contribution in [-0.2, 0) is 24.4 Å². The van der Waals surface area contributed by atoms with E-state index in [1.807, 2.05) is 42.7 Å². The van der Waals surface area contributed by atoms with Gasteiger partial charge in [0.1, 0.15) is 33.8 Å². The predicted molar refractivity (Wildman–Crippen MR) is 203 cm³/mol. The van der Waals surface area contributed by atoms with Crippen LogP contribution in [0.25, 0.3) is 21.6 Å². The van der Waals surface area contributed by atoms with Crippen molar-refractivity contribution in [1.29, 1.82) is 0 Å². The SMILES string of the molecule is COc1ccc2c(OC3CC4C(=O)N(C)CCCC/C=C\[C@@H]5C[C@@]5(C(=O)NS(=O)(=O)C5(C)CC5)NC(=O)[C@@H]4C3)cc(-c3nc(C(C)C)cs3)nc2c1C. The average molecular weight is 764 g/mol. The number of hydrogen-bond acceptors (Lipinski definition) is 10. The molecule has 3 amide bonds. The number of nitrogens with one attached hydrogen (secondary N) is 2. The Hall–Kier alpha value is -4.04. The zero-order chi connectivity index (χ0) is 37.9. The highest BCUT2D eigenvalue weighted by Gasteiger charge is 2.63. The molecule has 0 spiro atoms. The third-order valence-electron chi connectivity index (χ3n) is 11.6. The topological polar surface area (TPSA) is 157 Å². The maximum atomic E-state index is 14.3. The van der Waals surface area contributed by atoms with Crippen molar-refractivity contribution in [2.75, 3.05) is 20.7 Å². The number of nitrogens with zero attached hydrogens (tertiary/aromatic N) is 3. The van der Waals surface area contributed by atoms with Crippen molar-refractivity contribution in [3.8, 4) is 22.2 Å². The van der Waals surface area contributed by atoms with Crippen LogP contribution < -0.4 is 19.5 Å². The minimum absolute atomic E-state index is 0.149. The van der Waals surface area contributed by atoms with Crippen LogP contribution in [0.3, 0.4) is 0 Å². The molecule has 1 aromatic carbocycles. The van der Waals surface area contributed by atoms with E-state index >= 15 is 0 Å². The Morgan fingerprint density at radius 2 is 1.87 bits per heavy atom. The number of rotatable bonds is 8. The Labute approximate surface area is 315 Å². The van der Waals surface area contributed by atoms with Crippen molar-refractivity contribution in [1.82, 2.24) is 24.9 Å². The van der Waals surface area contributed by atoms with Crippen LogP contribution in [0.2, 0.25) is 0 Å². The molecule has 3 heterocycles. The van der Waals surface area contributed by atoms with Crippen LogP contribution in [0.1, 0.15) is 89.3 Å². The number of methoxy groups -OCH3 is 1. The number of allylic oxidation sites excluding steroid dienone is 1. The summed E-state index contributed by atoms with van der Waals surface area (Å²) in [6.07, 6.45) is 7.52. The molecule has 7 rings (SSSR count). The van der Waals surface area contributed by atoms with Crippen molar-refractivity contribution >= 4 is 50.0 Å². The van der Waals surface area contributed by atoms with Gasteiger partial charge in [-0.15, -0.1) is 11.3 Å². The highest BCUT2D eigenvalue weighted by Crippen LogP contribution is 2.48. The number of carbonyl (C=O) groups excluding carboxylic acids is 3. The van der Waals surface area contributed by atoms with Crippen molar-refractivity contribution in [3.63, 3.8) is 0 Å². The van der Waals surface area contributed by atoms with Gasteiger partial charge in [0.25, 0.3) is 5.91 Å². The smallest absolute Gasteiger partial charge is 0.259 e. The van der Waals surface area contributed by atoms with E-state index in [9.17, 15) is 22.8 Å². The second-order valence-electron chi connectivity index (χ2n) is 15.8. The van der Waals surface area contributed by atoms with Gasteiger partial charge in [-0.2, -0.15) is 0 Å². The van der Waals surface area contributed by atoms with Gasteiger partial charge in [-0.1, -0.05) is 26.0 Å². The Morgan fingerprint density at radius 3 is 2.57 bits per heavy atom. The Bertz CT molecular complexity index is 2090.